The highest BCUT2D eigenvalue weighted by molar-refractivity contribution is 6.30. The summed E-state index contributed by atoms with van der Waals surface area (Å²) in [5, 5.41) is 10.6. The minimum atomic E-state index is -0.979. The van der Waals surface area contributed by atoms with Gasteiger partial charge in [-0.1, -0.05) is 29.8 Å². The Balaban J connectivity index is 1.98. The van der Waals surface area contributed by atoms with Crippen LogP contribution in [0.2, 0.25) is 5.02 Å². The van der Waals surface area contributed by atoms with E-state index >= 15 is 0 Å². The fourth-order valence-corrected chi connectivity index (χ4v) is 2.80. The largest absolute Gasteiger partial charge is 0.487 e. The molecule has 0 aliphatic rings. The first kappa shape index (κ1) is 16.1. The van der Waals surface area contributed by atoms with E-state index in [2.05, 4.69) is 0 Å². The third-order valence-electron chi connectivity index (χ3n) is 3.85. The van der Waals surface area contributed by atoms with Crippen molar-refractivity contribution < 1.29 is 14.6 Å². The van der Waals surface area contributed by atoms with E-state index in [1.165, 1.54) is 0 Å². The van der Waals surface area contributed by atoms with Crippen LogP contribution < -0.4 is 4.74 Å². The van der Waals surface area contributed by atoms with Crippen molar-refractivity contribution >= 4 is 34.5 Å². The molecule has 0 spiro atoms. The number of fused-ring (bicyclic) bond motifs is 1. The van der Waals surface area contributed by atoms with Crippen molar-refractivity contribution in [3.63, 3.8) is 0 Å². The van der Waals surface area contributed by atoms with Gasteiger partial charge < -0.3 is 14.4 Å². The number of hydrogen-bond donors (Lipinski definition) is 1. The number of aliphatic carboxylic acids is 1. The standard InChI is InChI=1S/C19H16ClNO3/c1-21-17-5-3-2-4-15(17)16(10-11-19(22)23)18(21)12-24-14-8-6-13(20)7-9-14/h2-11H,12H2,1H3,(H,22,23)/b11-10+. The third kappa shape index (κ3) is 3.29. The normalized spacial score (nSPS) is 11.2. The summed E-state index contributed by atoms with van der Waals surface area (Å²) in [6.07, 6.45) is 2.76. The van der Waals surface area contributed by atoms with Crippen LogP contribution in [-0.4, -0.2) is 15.6 Å². The van der Waals surface area contributed by atoms with Gasteiger partial charge >= 0.3 is 5.97 Å². The molecule has 1 heterocycles. The maximum atomic E-state index is 10.9. The first-order valence-electron chi connectivity index (χ1n) is 7.42. The number of aryl methyl sites for hydroxylation is 1. The van der Waals surface area contributed by atoms with Gasteiger partial charge in [0, 0.05) is 34.6 Å². The Morgan fingerprint density at radius 3 is 2.62 bits per heavy atom. The fraction of sp³-hybridized carbons (Fsp3) is 0.105. The van der Waals surface area contributed by atoms with E-state index in [9.17, 15) is 4.79 Å². The third-order valence-corrected chi connectivity index (χ3v) is 4.11. The molecule has 3 aromatic rings. The molecule has 24 heavy (non-hydrogen) atoms. The lowest BCUT2D eigenvalue weighted by Gasteiger charge is -2.09. The van der Waals surface area contributed by atoms with Crippen molar-refractivity contribution in [1.29, 1.82) is 0 Å². The van der Waals surface area contributed by atoms with E-state index in [1.54, 1.807) is 30.3 Å². The van der Waals surface area contributed by atoms with Crippen LogP contribution in [0.1, 0.15) is 11.3 Å². The molecule has 2 aromatic carbocycles. The highest BCUT2D eigenvalue weighted by Gasteiger charge is 2.13. The molecule has 1 aromatic heterocycles. The number of carboxylic acids is 1. The zero-order valence-electron chi connectivity index (χ0n) is 13.1. The van der Waals surface area contributed by atoms with E-state index < -0.39 is 5.97 Å². The van der Waals surface area contributed by atoms with Crippen LogP contribution in [0.4, 0.5) is 0 Å². The lowest BCUT2D eigenvalue weighted by molar-refractivity contribution is -0.131. The van der Waals surface area contributed by atoms with Gasteiger partial charge in [-0.15, -0.1) is 0 Å². The zero-order chi connectivity index (χ0) is 17.1. The average Bonchev–Trinajstić information content (AvgIpc) is 2.85. The van der Waals surface area contributed by atoms with Gasteiger partial charge in [-0.05, 0) is 36.4 Å². The number of carbonyl (C=O) groups is 1. The summed E-state index contributed by atoms with van der Waals surface area (Å²) in [4.78, 5) is 10.9. The summed E-state index contributed by atoms with van der Waals surface area (Å²) in [6, 6.07) is 15.0. The van der Waals surface area contributed by atoms with Crippen LogP contribution in [0.25, 0.3) is 17.0 Å². The van der Waals surface area contributed by atoms with E-state index in [-0.39, 0.29) is 0 Å². The molecule has 0 aliphatic heterocycles. The highest BCUT2D eigenvalue weighted by atomic mass is 35.5. The smallest absolute Gasteiger partial charge is 0.328 e. The lowest BCUT2D eigenvalue weighted by Crippen LogP contribution is -2.03. The van der Waals surface area contributed by atoms with Crippen molar-refractivity contribution in [2.75, 3.05) is 0 Å². The summed E-state index contributed by atoms with van der Waals surface area (Å²) < 4.78 is 7.86. The first-order valence-corrected chi connectivity index (χ1v) is 7.79. The summed E-state index contributed by atoms with van der Waals surface area (Å²) in [5.41, 5.74) is 2.78. The van der Waals surface area contributed by atoms with Gasteiger partial charge in [0.1, 0.15) is 12.4 Å². The number of halogens is 1. The summed E-state index contributed by atoms with van der Waals surface area (Å²) >= 11 is 5.88. The van der Waals surface area contributed by atoms with E-state index in [0.717, 1.165) is 28.2 Å². The molecule has 0 atom stereocenters. The molecular weight excluding hydrogens is 326 g/mol. The number of nitrogens with zero attached hydrogens (tertiary/aromatic N) is 1. The predicted molar refractivity (Wildman–Crippen MR) is 95.4 cm³/mol. The second kappa shape index (κ2) is 6.81. The molecule has 4 nitrogen and oxygen atoms in total. The molecule has 5 heteroatoms. The number of ether oxygens (including phenoxy) is 1. The Bertz CT molecular complexity index is 910. The van der Waals surface area contributed by atoms with Gasteiger partial charge in [0.25, 0.3) is 0 Å². The molecule has 0 saturated carbocycles. The molecule has 0 bridgehead atoms. The summed E-state index contributed by atoms with van der Waals surface area (Å²) in [7, 11) is 1.95. The Morgan fingerprint density at radius 1 is 1.21 bits per heavy atom. The van der Waals surface area contributed by atoms with E-state index in [4.69, 9.17) is 21.4 Å². The topological polar surface area (TPSA) is 51.5 Å². The molecule has 0 amide bonds. The minimum absolute atomic E-state index is 0.326. The van der Waals surface area contributed by atoms with E-state index in [1.807, 2.05) is 35.9 Å². The minimum Gasteiger partial charge on any atom is -0.487 e. The van der Waals surface area contributed by atoms with Crippen molar-refractivity contribution in [3.8, 4) is 5.75 Å². The second-order valence-electron chi connectivity index (χ2n) is 5.35. The number of rotatable bonds is 5. The SMILES string of the molecule is Cn1c(COc2ccc(Cl)cc2)c(/C=C/C(=O)O)c2ccccc21. The monoisotopic (exact) mass is 341 g/mol. The van der Waals surface area contributed by atoms with Crippen LogP contribution in [0.5, 0.6) is 5.75 Å². The maximum absolute atomic E-state index is 10.9. The highest BCUT2D eigenvalue weighted by Crippen LogP contribution is 2.28. The van der Waals surface area contributed by atoms with Gasteiger partial charge in [0.2, 0.25) is 0 Å². The first-order chi connectivity index (χ1) is 11.6. The van der Waals surface area contributed by atoms with Crippen molar-refractivity contribution in [3.05, 3.63) is 70.9 Å². The molecule has 3 rings (SSSR count). The Kier molecular flexibility index (Phi) is 4.58. The average molecular weight is 342 g/mol. The number of carboxylic acid groups (broad SMARTS) is 1. The van der Waals surface area contributed by atoms with Crippen LogP contribution in [0.3, 0.4) is 0 Å². The van der Waals surface area contributed by atoms with Crippen LogP contribution in [0.15, 0.2) is 54.6 Å². The maximum Gasteiger partial charge on any atom is 0.328 e. The van der Waals surface area contributed by atoms with Crippen molar-refractivity contribution in [1.82, 2.24) is 4.57 Å². The fourth-order valence-electron chi connectivity index (χ4n) is 2.67. The van der Waals surface area contributed by atoms with E-state index in [0.29, 0.717) is 17.4 Å². The molecule has 0 saturated heterocycles. The number of para-hydroxylation sites is 1. The van der Waals surface area contributed by atoms with Gasteiger partial charge in [-0.25, -0.2) is 4.79 Å². The predicted octanol–water partition coefficient (Wildman–Crippen LogP) is 4.51. The molecule has 0 unspecified atom stereocenters. The van der Waals surface area contributed by atoms with Crippen LogP contribution in [0, 0.1) is 0 Å². The molecular formula is C19H16ClNO3. The Labute approximate surface area is 144 Å². The van der Waals surface area contributed by atoms with Gasteiger partial charge in [-0.3, -0.25) is 0 Å². The molecule has 0 radical (unpaired) electrons. The lowest BCUT2D eigenvalue weighted by atomic mass is 10.1. The zero-order valence-corrected chi connectivity index (χ0v) is 13.8. The molecule has 1 N–H and O–H groups in total. The molecule has 122 valence electrons. The second-order valence-corrected chi connectivity index (χ2v) is 5.79. The van der Waals surface area contributed by atoms with Crippen LogP contribution >= 0.6 is 11.6 Å². The Hall–Kier alpha value is -2.72. The van der Waals surface area contributed by atoms with Crippen molar-refractivity contribution in [2.24, 2.45) is 7.05 Å². The van der Waals surface area contributed by atoms with Gasteiger partial charge in [-0.2, -0.15) is 0 Å². The quantitative estimate of drug-likeness (QED) is 0.695. The number of aromatic nitrogens is 1. The summed E-state index contributed by atoms with van der Waals surface area (Å²) in [5.74, 6) is -0.273. The molecule has 0 aliphatic carbocycles. The van der Waals surface area contributed by atoms with Gasteiger partial charge in [0.05, 0.1) is 5.69 Å². The van der Waals surface area contributed by atoms with Crippen molar-refractivity contribution in [2.45, 2.75) is 6.61 Å². The number of benzene rings is 2. The summed E-state index contributed by atoms with van der Waals surface area (Å²) in [6.45, 7) is 0.326. The van der Waals surface area contributed by atoms with Crippen LogP contribution in [-0.2, 0) is 18.4 Å². The molecule has 0 fully saturated rings. The Morgan fingerprint density at radius 2 is 1.92 bits per heavy atom. The van der Waals surface area contributed by atoms with Gasteiger partial charge in [0.15, 0.2) is 0 Å². The number of hydrogen-bond acceptors (Lipinski definition) is 2.